The van der Waals surface area contributed by atoms with Gasteiger partial charge in [-0.3, -0.25) is 0 Å². The summed E-state index contributed by atoms with van der Waals surface area (Å²) in [5.74, 6) is -0.529. The number of aryl methyl sites for hydroxylation is 3. The van der Waals surface area contributed by atoms with Crippen molar-refractivity contribution < 1.29 is 14.3 Å². The molecular formula is C14H17NO3. The van der Waals surface area contributed by atoms with Gasteiger partial charge in [-0.15, -0.1) is 0 Å². The number of cyclic esters (lactones) is 1. The Morgan fingerprint density at radius 1 is 1.28 bits per heavy atom. The second-order valence-electron chi connectivity index (χ2n) is 4.90. The number of nitrogens with zero attached hydrogens (tertiary/aromatic N) is 1. The highest BCUT2D eigenvalue weighted by molar-refractivity contribution is 6.42. The van der Waals surface area contributed by atoms with E-state index in [0.717, 1.165) is 21.4 Å². The molecule has 0 fully saturated rings. The summed E-state index contributed by atoms with van der Waals surface area (Å²) in [7, 11) is 0. The van der Waals surface area contributed by atoms with Crippen LogP contribution in [-0.4, -0.2) is 29.1 Å². The van der Waals surface area contributed by atoms with Crippen LogP contribution in [0.25, 0.3) is 0 Å². The number of rotatable bonds is 1. The predicted molar refractivity (Wildman–Crippen MR) is 68.8 cm³/mol. The quantitative estimate of drug-likeness (QED) is 0.432. The Balaban J connectivity index is 2.68. The molecule has 4 heteroatoms. The maximum absolute atomic E-state index is 12.1. The Kier molecular flexibility index (Phi) is 3.11. The fourth-order valence-electron chi connectivity index (χ4n) is 2.41. The van der Waals surface area contributed by atoms with Crippen LogP contribution < -0.4 is 0 Å². The van der Waals surface area contributed by atoms with Gasteiger partial charge in [0.2, 0.25) is 0 Å². The van der Waals surface area contributed by atoms with Crippen molar-refractivity contribution in [2.45, 2.75) is 33.7 Å². The first kappa shape index (κ1) is 12.6. The zero-order chi connectivity index (χ0) is 13.4. The van der Waals surface area contributed by atoms with E-state index in [1.807, 2.05) is 32.9 Å². The van der Waals surface area contributed by atoms with Crippen LogP contribution in [-0.2, 0) is 9.53 Å². The molecule has 0 saturated heterocycles. The molecule has 0 N–H and O–H groups in total. The van der Waals surface area contributed by atoms with Crippen molar-refractivity contribution in [3.05, 3.63) is 39.6 Å². The van der Waals surface area contributed by atoms with Crippen LogP contribution in [0.4, 0.5) is 0 Å². The fraction of sp³-hybridized carbons (Fsp3) is 0.429. The Bertz CT molecular complexity index is 523. The minimum atomic E-state index is -0.529. The molecule has 1 unspecified atom stereocenters. The highest BCUT2D eigenvalue weighted by atomic mass is 16.6. The topological polar surface area (TPSA) is 52.4 Å². The molecule has 1 atom stereocenters. The molecule has 0 aliphatic carbocycles. The van der Waals surface area contributed by atoms with Crippen molar-refractivity contribution in [3.8, 4) is 0 Å². The summed E-state index contributed by atoms with van der Waals surface area (Å²) in [6.07, 6.45) is 0. The third-order valence-electron chi connectivity index (χ3n) is 3.18. The molecule has 2 rings (SSSR count). The number of hydrogen-bond acceptors (Lipinski definition) is 3. The molecule has 1 aromatic carbocycles. The Morgan fingerprint density at radius 2 is 1.83 bits per heavy atom. The van der Waals surface area contributed by atoms with Crippen LogP contribution in [0.1, 0.15) is 29.2 Å². The summed E-state index contributed by atoms with van der Waals surface area (Å²) in [4.78, 5) is 11.8. The second kappa shape index (κ2) is 4.44. The maximum Gasteiger partial charge on any atom is 0.405 e. The van der Waals surface area contributed by atoms with E-state index in [-0.39, 0.29) is 18.4 Å². The van der Waals surface area contributed by atoms with Crippen LogP contribution in [0.3, 0.4) is 0 Å². The van der Waals surface area contributed by atoms with E-state index in [1.165, 1.54) is 0 Å². The summed E-state index contributed by atoms with van der Waals surface area (Å²) in [6, 6.07) is 3.60. The molecule has 1 aliphatic rings. The van der Waals surface area contributed by atoms with Gasteiger partial charge < -0.3 is 9.94 Å². The van der Waals surface area contributed by atoms with E-state index in [1.54, 1.807) is 6.92 Å². The zero-order valence-corrected chi connectivity index (χ0v) is 11.1. The average Bonchev–Trinajstić information content (AvgIpc) is 2.27. The van der Waals surface area contributed by atoms with Gasteiger partial charge in [0, 0.05) is 6.92 Å². The van der Waals surface area contributed by atoms with Crippen LogP contribution in [0.2, 0.25) is 0 Å². The van der Waals surface area contributed by atoms with Gasteiger partial charge in [-0.05, 0) is 31.9 Å². The van der Waals surface area contributed by atoms with E-state index in [0.29, 0.717) is 5.56 Å². The lowest BCUT2D eigenvalue weighted by Gasteiger charge is -2.22. The lowest BCUT2D eigenvalue weighted by atomic mass is 9.95. The SMILES string of the molecule is Cc1cc(C)c(C2=[N+]([O-])C(C)COC2=O)c(C)c1. The number of esters is 1. The van der Waals surface area contributed by atoms with Gasteiger partial charge in [0.15, 0.2) is 12.6 Å². The van der Waals surface area contributed by atoms with Crippen molar-refractivity contribution >= 4 is 11.7 Å². The predicted octanol–water partition coefficient (Wildman–Crippen LogP) is 1.86. The second-order valence-corrected chi connectivity index (χ2v) is 4.90. The summed E-state index contributed by atoms with van der Waals surface area (Å²) >= 11 is 0. The van der Waals surface area contributed by atoms with E-state index in [2.05, 4.69) is 0 Å². The largest absolute Gasteiger partial charge is 0.623 e. The average molecular weight is 247 g/mol. The first-order valence-corrected chi connectivity index (χ1v) is 6.00. The van der Waals surface area contributed by atoms with E-state index >= 15 is 0 Å². The minimum Gasteiger partial charge on any atom is -0.623 e. The number of hydrogen-bond donors (Lipinski definition) is 0. The third-order valence-corrected chi connectivity index (χ3v) is 3.18. The van der Waals surface area contributed by atoms with Crippen molar-refractivity contribution in [2.24, 2.45) is 0 Å². The zero-order valence-electron chi connectivity index (χ0n) is 11.1. The minimum absolute atomic E-state index is 0.128. The van der Waals surface area contributed by atoms with Gasteiger partial charge in [-0.2, -0.15) is 4.74 Å². The van der Waals surface area contributed by atoms with Gasteiger partial charge in [0.1, 0.15) is 0 Å². The molecule has 4 nitrogen and oxygen atoms in total. The first-order valence-electron chi connectivity index (χ1n) is 6.00. The molecule has 18 heavy (non-hydrogen) atoms. The standard InChI is InChI=1S/C14H17NO3/c1-8-5-9(2)12(10(3)6-8)13-14(16)18-7-11(4)15(13)17/h5-6,11H,7H2,1-4H3. The molecule has 0 radical (unpaired) electrons. The number of benzene rings is 1. The van der Waals surface area contributed by atoms with Gasteiger partial charge >= 0.3 is 11.7 Å². The highest BCUT2D eigenvalue weighted by Crippen LogP contribution is 2.20. The maximum atomic E-state index is 12.1. The van der Waals surface area contributed by atoms with Crippen molar-refractivity contribution in [1.82, 2.24) is 0 Å². The lowest BCUT2D eigenvalue weighted by molar-refractivity contribution is -0.504. The van der Waals surface area contributed by atoms with Crippen LogP contribution in [0, 0.1) is 26.0 Å². The molecule has 0 bridgehead atoms. The van der Waals surface area contributed by atoms with Crippen LogP contribution in [0.5, 0.6) is 0 Å². The molecule has 1 aliphatic heterocycles. The third kappa shape index (κ3) is 1.98. The van der Waals surface area contributed by atoms with Crippen molar-refractivity contribution in [1.29, 1.82) is 0 Å². The van der Waals surface area contributed by atoms with E-state index in [4.69, 9.17) is 4.74 Å². The number of ether oxygens (including phenoxy) is 1. The summed E-state index contributed by atoms with van der Waals surface area (Å²) in [5, 5.41) is 12.1. The number of carbonyl (C=O) groups excluding carboxylic acids is 1. The molecule has 1 aromatic rings. The Morgan fingerprint density at radius 3 is 2.39 bits per heavy atom. The van der Waals surface area contributed by atoms with Crippen LogP contribution >= 0.6 is 0 Å². The number of hydroxylamine groups is 1. The normalized spacial score (nSPS) is 20.0. The monoisotopic (exact) mass is 247 g/mol. The highest BCUT2D eigenvalue weighted by Gasteiger charge is 2.34. The molecule has 1 heterocycles. The molecule has 0 saturated carbocycles. The smallest absolute Gasteiger partial charge is 0.405 e. The van der Waals surface area contributed by atoms with Gasteiger partial charge in [0.25, 0.3) is 0 Å². The summed E-state index contributed by atoms with van der Waals surface area (Å²) in [5.41, 5.74) is 3.80. The first-order chi connectivity index (χ1) is 8.41. The molecule has 0 amide bonds. The van der Waals surface area contributed by atoms with Gasteiger partial charge in [-0.25, -0.2) is 4.79 Å². The fourth-order valence-corrected chi connectivity index (χ4v) is 2.41. The van der Waals surface area contributed by atoms with Gasteiger partial charge in [-0.1, -0.05) is 17.7 Å². The summed E-state index contributed by atoms with van der Waals surface area (Å²) in [6.45, 7) is 7.70. The van der Waals surface area contributed by atoms with Crippen molar-refractivity contribution in [3.63, 3.8) is 0 Å². The van der Waals surface area contributed by atoms with E-state index in [9.17, 15) is 10.0 Å². The van der Waals surface area contributed by atoms with Gasteiger partial charge in [0.05, 0.1) is 5.56 Å². The molecule has 0 aromatic heterocycles. The van der Waals surface area contributed by atoms with E-state index < -0.39 is 5.97 Å². The van der Waals surface area contributed by atoms with Crippen molar-refractivity contribution in [2.75, 3.05) is 6.61 Å². The summed E-state index contributed by atoms with van der Waals surface area (Å²) < 4.78 is 5.82. The Labute approximate surface area is 106 Å². The Hall–Kier alpha value is -1.84. The van der Waals surface area contributed by atoms with Crippen LogP contribution in [0.15, 0.2) is 12.1 Å². The number of carbonyl (C=O) groups is 1. The molecular weight excluding hydrogens is 230 g/mol. The lowest BCUT2D eigenvalue weighted by Crippen LogP contribution is -2.42. The molecule has 0 spiro atoms. The molecule has 96 valence electrons.